The standard InChI is InChI=1S/C19H24N4OS/c1-3-8-16-22-17-18(14(2)13-21-19(17)20)23(16)11-7-12-25(24)15-9-5-4-6-10-15/h4-6,9-10,13H,3,7-8,11-12H2,1-2H3,(H2,20,21). The summed E-state index contributed by atoms with van der Waals surface area (Å²) in [5.41, 5.74) is 8.93. The van der Waals surface area contributed by atoms with Crippen LogP contribution < -0.4 is 5.73 Å². The first-order valence-electron chi connectivity index (χ1n) is 8.65. The topological polar surface area (TPSA) is 73.8 Å². The van der Waals surface area contributed by atoms with Gasteiger partial charge in [-0.1, -0.05) is 25.1 Å². The largest absolute Gasteiger partial charge is 0.382 e. The Balaban J connectivity index is 1.82. The molecule has 25 heavy (non-hydrogen) atoms. The minimum absolute atomic E-state index is 0.476. The smallest absolute Gasteiger partial charge is 0.151 e. The van der Waals surface area contributed by atoms with Crippen LogP contribution >= 0.6 is 0 Å². The highest BCUT2D eigenvalue weighted by atomic mass is 32.2. The van der Waals surface area contributed by atoms with Crippen molar-refractivity contribution in [2.45, 2.75) is 44.6 Å². The number of hydrogen-bond acceptors (Lipinski definition) is 4. The lowest BCUT2D eigenvalue weighted by Crippen LogP contribution is -2.08. The zero-order valence-electron chi connectivity index (χ0n) is 14.7. The molecule has 2 heterocycles. The molecule has 0 aliphatic rings. The van der Waals surface area contributed by atoms with Crippen molar-refractivity contribution in [3.8, 4) is 0 Å². The number of nitrogens with two attached hydrogens (primary N) is 1. The van der Waals surface area contributed by atoms with Gasteiger partial charge in [-0.05, 0) is 37.5 Å². The Morgan fingerprint density at radius 1 is 1.24 bits per heavy atom. The van der Waals surface area contributed by atoms with E-state index in [4.69, 9.17) is 10.7 Å². The molecule has 1 unspecified atom stereocenters. The molecule has 0 aliphatic carbocycles. The van der Waals surface area contributed by atoms with Crippen molar-refractivity contribution in [3.63, 3.8) is 0 Å². The second-order valence-corrected chi connectivity index (χ2v) is 7.74. The molecule has 5 nitrogen and oxygen atoms in total. The summed E-state index contributed by atoms with van der Waals surface area (Å²) in [5.74, 6) is 2.14. The molecular formula is C19H24N4OS. The number of pyridine rings is 1. The lowest BCUT2D eigenvalue weighted by molar-refractivity contribution is 0.638. The third-order valence-corrected chi connectivity index (χ3v) is 5.71. The van der Waals surface area contributed by atoms with Crippen LogP contribution in [-0.4, -0.2) is 24.5 Å². The zero-order valence-corrected chi connectivity index (χ0v) is 15.6. The molecule has 2 aromatic heterocycles. The fourth-order valence-electron chi connectivity index (χ4n) is 3.07. The van der Waals surface area contributed by atoms with Crippen molar-refractivity contribution in [2.24, 2.45) is 0 Å². The van der Waals surface area contributed by atoms with E-state index in [1.807, 2.05) is 37.3 Å². The van der Waals surface area contributed by atoms with Crippen LogP contribution in [0.4, 0.5) is 5.82 Å². The highest BCUT2D eigenvalue weighted by Gasteiger charge is 2.15. The van der Waals surface area contributed by atoms with Gasteiger partial charge in [0.1, 0.15) is 11.3 Å². The van der Waals surface area contributed by atoms with Crippen LogP contribution in [0.1, 0.15) is 31.2 Å². The fourth-order valence-corrected chi connectivity index (χ4v) is 4.15. The zero-order chi connectivity index (χ0) is 17.8. The Hall–Kier alpha value is -2.21. The van der Waals surface area contributed by atoms with Crippen molar-refractivity contribution in [2.75, 3.05) is 11.5 Å². The van der Waals surface area contributed by atoms with Crippen LogP contribution in [0.2, 0.25) is 0 Å². The van der Waals surface area contributed by atoms with Gasteiger partial charge in [-0.15, -0.1) is 0 Å². The molecule has 3 aromatic rings. The molecule has 6 heteroatoms. The average Bonchev–Trinajstić information content (AvgIpc) is 2.99. The number of nitrogen functional groups attached to an aromatic ring is 1. The summed E-state index contributed by atoms with van der Waals surface area (Å²) in [6.07, 6.45) is 4.54. The number of fused-ring (bicyclic) bond motifs is 1. The van der Waals surface area contributed by atoms with Gasteiger partial charge in [0, 0.05) is 29.8 Å². The minimum Gasteiger partial charge on any atom is -0.382 e. The van der Waals surface area contributed by atoms with Crippen LogP contribution in [0.3, 0.4) is 0 Å². The van der Waals surface area contributed by atoms with Gasteiger partial charge in [0.05, 0.1) is 16.3 Å². The number of anilines is 1. The van der Waals surface area contributed by atoms with Crippen molar-refractivity contribution in [1.29, 1.82) is 0 Å². The predicted molar refractivity (Wildman–Crippen MR) is 103 cm³/mol. The van der Waals surface area contributed by atoms with Crippen LogP contribution in [-0.2, 0) is 23.8 Å². The van der Waals surface area contributed by atoms with E-state index < -0.39 is 10.8 Å². The van der Waals surface area contributed by atoms with E-state index in [1.54, 1.807) is 6.20 Å². The second-order valence-electron chi connectivity index (χ2n) is 6.17. The van der Waals surface area contributed by atoms with E-state index in [2.05, 4.69) is 16.5 Å². The van der Waals surface area contributed by atoms with Crippen LogP contribution in [0.15, 0.2) is 41.4 Å². The summed E-state index contributed by atoms with van der Waals surface area (Å²) in [4.78, 5) is 9.83. The Bertz CT molecular complexity index is 889. The molecule has 1 atom stereocenters. The summed E-state index contributed by atoms with van der Waals surface area (Å²) in [7, 11) is -0.970. The van der Waals surface area contributed by atoms with Gasteiger partial charge in [-0.3, -0.25) is 4.21 Å². The lowest BCUT2D eigenvalue weighted by atomic mass is 10.2. The van der Waals surface area contributed by atoms with Crippen LogP contribution in [0.25, 0.3) is 11.0 Å². The Kier molecular flexibility index (Phi) is 5.48. The van der Waals surface area contributed by atoms with Crippen molar-refractivity contribution < 1.29 is 4.21 Å². The van der Waals surface area contributed by atoms with E-state index >= 15 is 0 Å². The lowest BCUT2D eigenvalue weighted by Gasteiger charge is -2.10. The average molecular weight is 356 g/mol. The van der Waals surface area contributed by atoms with E-state index in [9.17, 15) is 4.21 Å². The quantitative estimate of drug-likeness (QED) is 0.703. The molecule has 0 amide bonds. The van der Waals surface area contributed by atoms with Crippen molar-refractivity contribution in [1.82, 2.24) is 14.5 Å². The Morgan fingerprint density at radius 2 is 2.00 bits per heavy atom. The molecule has 1 aromatic carbocycles. The first-order chi connectivity index (χ1) is 12.1. The molecule has 0 fully saturated rings. The summed E-state index contributed by atoms with van der Waals surface area (Å²) >= 11 is 0. The number of aromatic nitrogens is 3. The molecule has 132 valence electrons. The molecule has 2 N–H and O–H groups in total. The molecule has 0 bridgehead atoms. The van der Waals surface area contributed by atoms with Gasteiger partial charge >= 0.3 is 0 Å². The number of hydrogen-bond donors (Lipinski definition) is 1. The Morgan fingerprint density at radius 3 is 2.72 bits per heavy atom. The number of rotatable bonds is 7. The maximum atomic E-state index is 12.4. The van der Waals surface area contributed by atoms with E-state index in [-0.39, 0.29) is 0 Å². The minimum atomic E-state index is -0.970. The van der Waals surface area contributed by atoms with Gasteiger partial charge in [-0.2, -0.15) is 0 Å². The molecular weight excluding hydrogens is 332 g/mol. The molecule has 0 spiro atoms. The molecule has 0 radical (unpaired) electrons. The van der Waals surface area contributed by atoms with Gasteiger partial charge in [0.15, 0.2) is 5.82 Å². The Labute approximate surface area is 150 Å². The number of imidazole rings is 1. The molecule has 0 saturated heterocycles. The monoisotopic (exact) mass is 356 g/mol. The summed E-state index contributed by atoms with van der Waals surface area (Å²) in [6, 6.07) is 9.63. The number of benzene rings is 1. The number of nitrogens with zero attached hydrogens (tertiary/aromatic N) is 3. The SMILES string of the molecule is CCCc1nc2c(N)ncc(C)c2n1CCCS(=O)c1ccccc1. The van der Waals surface area contributed by atoms with Crippen LogP contribution in [0, 0.1) is 6.92 Å². The van der Waals surface area contributed by atoms with E-state index in [1.165, 1.54) is 0 Å². The highest BCUT2D eigenvalue weighted by Crippen LogP contribution is 2.24. The molecule has 0 aliphatic heterocycles. The first kappa shape index (κ1) is 17.6. The summed E-state index contributed by atoms with van der Waals surface area (Å²) in [5, 5.41) is 0. The third-order valence-electron chi connectivity index (χ3n) is 4.25. The number of aryl methyl sites for hydroxylation is 3. The van der Waals surface area contributed by atoms with Crippen molar-refractivity contribution >= 4 is 27.7 Å². The first-order valence-corrected chi connectivity index (χ1v) is 9.97. The predicted octanol–water partition coefficient (Wildman–Crippen LogP) is 3.47. The summed E-state index contributed by atoms with van der Waals surface area (Å²) in [6.45, 7) is 4.96. The van der Waals surface area contributed by atoms with Crippen LogP contribution in [0.5, 0.6) is 0 Å². The van der Waals surface area contributed by atoms with Gasteiger partial charge < -0.3 is 10.3 Å². The normalized spacial score (nSPS) is 12.6. The van der Waals surface area contributed by atoms with E-state index in [0.717, 1.165) is 53.1 Å². The second kappa shape index (κ2) is 7.78. The third kappa shape index (κ3) is 3.74. The molecule has 3 rings (SSSR count). The maximum Gasteiger partial charge on any atom is 0.151 e. The summed E-state index contributed by atoms with van der Waals surface area (Å²) < 4.78 is 14.7. The van der Waals surface area contributed by atoms with Gasteiger partial charge in [0.25, 0.3) is 0 Å². The van der Waals surface area contributed by atoms with Crippen molar-refractivity contribution in [3.05, 3.63) is 47.9 Å². The maximum absolute atomic E-state index is 12.4. The molecule has 0 saturated carbocycles. The fraction of sp³-hybridized carbons (Fsp3) is 0.368. The van der Waals surface area contributed by atoms with E-state index in [0.29, 0.717) is 11.6 Å². The van der Waals surface area contributed by atoms with Gasteiger partial charge in [-0.25, -0.2) is 9.97 Å². The highest BCUT2D eigenvalue weighted by molar-refractivity contribution is 7.85. The van der Waals surface area contributed by atoms with Gasteiger partial charge in [0.2, 0.25) is 0 Å².